The van der Waals surface area contributed by atoms with Crippen LogP contribution in [0.15, 0.2) is 78.9 Å². The lowest BCUT2D eigenvalue weighted by Crippen LogP contribution is -2.14. The first-order valence-corrected chi connectivity index (χ1v) is 9.56. The van der Waals surface area contributed by atoms with E-state index in [1.54, 1.807) is 55.5 Å². The van der Waals surface area contributed by atoms with Crippen LogP contribution < -0.4 is 14.2 Å². The van der Waals surface area contributed by atoms with E-state index in [9.17, 15) is 9.59 Å². The molecule has 0 aromatic heterocycles. The highest BCUT2D eigenvalue weighted by Gasteiger charge is 2.15. The second-order valence-corrected chi connectivity index (χ2v) is 6.14. The molecule has 0 N–H and O–H groups in total. The smallest absolute Gasteiger partial charge is 0.347 e. The summed E-state index contributed by atoms with van der Waals surface area (Å²) in [6.45, 7) is 2.64. The number of carbonyl (C=O) groups excluding carboxylic acids is 2. The predicted octanol–water partition coefficient (Wildman–Crippen LogP) is 4.54. The molecule has 154 valence electrons. The van der Waals surface area contributed by atoms with Crippen LogP contribution in [0.5, 0.6) is 17.2 Å². The van der Waals surface area contributed by atoms with Crippen LogP contribution in [-0.2, 0) is 4.74 Å². The maximum Gasteiger partial charge on any atom is 0.347 e. The first-order chi connectivity index (χ1) is 14.7. The number of ether oxygens (including phenoxy) is 4. The molecule has 6 heteroatoms. The molecule has 0 aliphatic heterocycles. The summed E-state index contributed by atoms with van der Waals surface area (Å²) in [5.41, 5.74) is 0.686. The van der Waals surface area contributed by atoms with Crippen molar-refractivity contribution in [2.75, 3.05) is 19.8 Å². The topological polar surface area (TPSA) is 71.1 Å². The molecule has 6 nitrogen and oxygen atoms in total. The van der Waals surface area contributed by atoms with Gasteiger partial charge in [0.1, 0.15) is 36.0 Å². The molecule has 0 atom stereocenters. The summed E-state index contributed by atoms with van der Waals surface area (Å²) in [6.07, 6.45) is 0. The summed E-state index contributed by atoms with van der Waals surface area (Å²) >= 11 is 0. The molecule has 30 heavy (non-hydrogen) atoms. The first kappa shape index (κ1) is 20.9. The van der Waals surface area contributed by atoms with Gasteiger partial charge in [-0.25, -0.2) is 9.59 Å². The molecule has 0 heterocycles. The number of carbonyl (C=O) groups is 2. The maximum atomic E-state index is 12.6. The Bertz CT molecular complexity index is 967. The fourth-order valence-electron chi connectivity index (χ4n) is 2.62. The van der Waals surface area contributed by atoms with Crippen LogP contribution in [0.25, 0.3) is 0 Å². The van der Waals surface area contributed by atoms with Crippen molar-refractivity contribution in [3.05, 3.63) is 90.0 Å². The Morgan fingerprint density at radius 2 is 1.37 bits per heavy atom. The summed E-state index contributed by atoms with van der Waals surface area (Å²) in [7, 11) is 0. The van der Waals surface area contributed by atoms with Gasteiger partial charge >= 0.3 is 11.9 Å². The maximum absolute atomic E-state index is 12.6. The Balaban J connectivity index is 1.57. The lowest BCUT2D eigenvalue weighted by Gasteiger charge is -2.12. The SMILES string of the molecule is CCOC(=O)c1ccc(OC(=O)c2ccccc2OCCOc2ccccc2)cc1. The van der Waals surface area contributed by atoms with Gasteiger partial charge in [-0.2, -0.15) is 0 Å². The van der Waals surface area contributed by atoms with E-state index in [0.717, 1.165) is 5.75 Å². The van der Waals surface area contributed by atoms with Crippen molar-refractivity contribution in [2.45, 2.75) is 6.92 Å². The van der Waals surface area contributed by atoms with Crippen LogP contribution >= 0.6 is 0 Å². The number of para-hydroxylation sites is 2. The molecular weight excluding hydrogens is 384 g/mol. The van der Waals surface area contributed by atoms with Gasteiger partial charge in [0.15, 0.2) is 0 Å². The van der Waals surface area contributed by atoms with E-state index >= 15 is 0 Å². The highest BCUT2D eigenvalue weighted by atomic mass is 16.5. The zero-order valence-electron chi connectivity index (χ0n) is 16.6. The van der Waals surface area contributed by atoms with Crippen LogP contribution in [0.1, 0.15) is 27.6 Å². The molecule has 3 aromatic rings. The summed E-state index contributed by atoms with van der Waals surface area (Å²) in [4.78, 5) is 24.3. The van der Waals surface area contributed by atoms with Crippen molar-refractivity contribution in [2.24, 2.45) is 0 Å². The van der Waals surface area contributed by atoms with E-state index in [2.05, 4.69) is 0 Å². The van der Waals surface area contributed by atoms with Gasteiger partial charge in [0, 0.05) is 0 Å². The van der Waals surface area contributed by atoms with Crippen LogP contribution in [-0.4, -0.2) is 31.8 Å². The molecule has 0 aliphatic rings. The monoisotopic (exact) mass is 406 g/mol. The van der Waals surface area contributed by atoms with Crippen molar-refractivity contribution in [3.8, 4) is 17.2 Å². The van der Waals surface area contributed by atoms with E-state index in [0.29, 0.717) is 35.8 Å². The number of benzene rings is 3. The molecule has 0 spiro atoms. The van der Waals surface area contributed by atoms with E-state index in [-0.39, 0.29) is 6.61 Å². The lowest BCUT2D eigenvalue weighted by atomic mass is 10.2. The second kappa shape index (κ2) is 10.7. The average Bonchev–Trinajstić information content (AvgIpc) is 2.78. The minimum Gasteiger partial charge on any atom is -0.490 e. The van der Waals surface area contributed by atoms with Crippen molar-refractivity contribution in [1.29, 1.82) is 0 Å². The molecule has 0 radical (unpaired) electrons. The third-order valence-electron chi connectivity index (χ3n) is 4.04. The largest absolute Gasteiger partial charge is 0.490 e. The van der Waals surface area contributed by atoms with Gasteiger partial charge in [-0.15, -0.1) is 0 Å². The predicted molar refractivity (Wildman–Crippen MR) is 111 cm³/mol. The summed E-state index contributed by atoms with van der Waals surface area (Å²) < 4.78 is 21.6. The second-order valence-electron chi connectivity index (χ2n) is 6.14. The van der Waals surface area contributed by atoms with Crippen molar-refractivity contribution < 1.29 is 28.5 Å². The standard InChI is InChI=1S/C24H22O6/c1-2-27-23(25)18-12-14-20(15-13-18)30-24(26)21-10-6-7-11-22(21)29-17-16-28-19-8-4-3-5-9-19/h3-15H,2,16-17H2,1H3. The normalized spacial score (nSPS) is 10.2. The zero-order valence-corrected chi connectivity index (χ0v) is 16.6. The lowest BCUT2D eigenvalue weighted by molar-refractivity contribution is 0.0526. The Kier molecular flexibility index (Phi) is 7.44. The molecule has 0 amide bonds. The van der Waals surface area contributed by atoms with Gasteiger partial charge in [0.05, 0.1) is 12.2 Å². The molecule has 0 bridgehead atoms. The van der Waals surface area contributed by atoms with Gasteiger partial charge in [0.2, 0.25) is 0 Å². The van der Waals surface area contributed by atoms with Gasteiger partial charge in [0.25, 0.3) is 0 Å². The Hall–Kier alpha value is -3.80. The van der Waals surface area contributed by atoms with Crippen molar-refractivity contribution in [1.82, 2.24) is 0 Å². The Morgan fingerprint density at radius 1 is 0.700 bits per heavy atom. The molecular formula is C24H22O6. The molecule has 3 rings (SSSR count). The number of hydrogen-bond donors (Lipinski definition) is 0. The minimum absolute atomic E-state index is 0.271. The van der Waals surface area contributed by atoms with Crippen molar-refractivity contribution >= 4 is 11.9 Å². The van der Waals surface area contributed by atoms with E-state index in [4.69, 9.17) is 18.9 Å². The molecule has 0 saturated heterocycles. The van der Waals surface area contributed by atoms with Crippen LogP contribution in [0.4, 0.5) is 0 Å². The van der Waals surface area contributed by atoms with Crippen LogP contribution in [0.3, 0.4) is 0 Å². The van der Waals surface area contributed by atoms with Gasteiger partial charge in [-0.05, 0) is 55.5 Å². The van der Waals surface area contributed by atoms with Gasteiger partial charge in [-0.1, -0.05) is 30.3 Å². The number of rotatable bonds is 9. The van der Waals surface area contributed by atoms with Crippen LogP contribution in [0.2, 0.25) is 0 Å². The van der Waals surface area contributed by atoms with E-state index < -0.39 is 11.9 Å². The fourth-order valence-corrected chi connectivity index (χ4v) is 2.62. The van der Waals surface area contributed by atoms with E-state index in [1.807, 2.05) is 30.3 Å². The quantitative estimate of drug-likeness (QED) is 0.295. The first-order valence-electron chi connectivity index (χ1n) is 9.56. The fraction of sp³-hybridized carbons (Fsp3) is 0.167. The molecule has 0 aliphatic carbocycles. The number of hydrogen-bond acceptors (Lipinski definition) is 6. The van der Waals surface area contributed by atoms with Crippen molar-refractivity contribution in [3.63, 3.8) is 0 Å². The van der Waals surface area contributed by atoms with Gasteiger partial charge in [-0.3, -0.25) is 0 Å². The summed E-state index contributed by atoms with van der Waals surface area (Å²) in [5.74, 6) is 0.489. The third kappa shape index (κ3) is 5.85. The number of esters is 2. The third-order valence-corrected chi connectivity index (χ3v) is 4.04. The van der Waals surface area contributed by atoms with Crippen LogP contribution in [0, 0.1) is 0 Å². The molecule has 0 fully saturated rings. The highest BCUT2D eigenvalue weighted by molar-refractivity contribution is 5.94. The molecule has 3 aromatic carbocycles. The molecule has 0 unspecified atom stereocenters. The zero-order chi connectivity index (χ0) is 21.2. The summed E-state index contributed by atoms with van der Waals surface area (Å²) in [5, 5.41) is 0. The Labute approximate surface area is 175 Å². The average molecular weight is 406 g/mol. The van der Waals surface area contributed by atoms with E-state index in [1.165, 1.54) is 0 Å². The summed E-state index contributed by atoms with van der Waals surface area (Å²) in [6, 6.07) is 22.4. The Morgan fingerprint density at radius 3 is 2.10 bits per heavy atom. The highest BCUT2D eigenvalue weighted by Crippen LogP contribution is 2.21. The minimum atomic E-state index is -0.557. The van der Waals surface area contributed by atoms with Gasteiger partial charge < -0.3 is 18.9 Å². The molecule has 0 saturated carbocycles.